The van der Waals surface area contributed by atoms with Crippen molar-refractivity contribution < 1.29 is 9.53 Å². The summed E-state index contributed by atoms with van der Waals surface area (Å²) in [6, 6.07) is 6.17. The minimum absolute atomic E-state index is 0.0949. The van der Waals surface area contributed by atoms with Gasteiger partial charge in [0.2, 0.25) is 5.91 Å². The molecule has 0 radical (unpaired) electrons. The highest BCUT2D eigenvalue weighted by Crippen LogP contribution is 2.25. The number of rotatable bonds is 6. The SMILES string of the molecule is O=C(CCCc1cn[nH]c1)NCc1ccc2c(c1)CCCO2. The molecule has 0 atom stereocenters. The summed E-state index contributed by atoms with van der Waals surface area (Å²) >= 11 is 0. The number of amides is 1. The molecule has 2 N–H and O–H groups in total. The van der Waals surface area contributed by atoms with Gasteiger partial charge in [-0.15, -0.1) is 0 Å². The summed E-state index contributed by atoms with van der Waals surface area (Å²) in [5.74, 6) is 1.08. The molecule has 0 unspecified atom stereocenters. The van der Waals surface area contributed by atoms with Gasteiger partial charge in [0.25, 0.3) is 0 Å². The van der Waals surface area contributed by atoms with Crippen LogP contribution in [0.3, 0.4) is 0 Å². The molecule has 0 spiro atoms. The molecule has 5 heteroatoms. The van der Waals surface area contributed by atoms with Crippen LogP contribution in [0.15, 0.2) is 30.6 Å². The fourth-order valence-electron chi connectivity index (χ4n) is 2.68. The van der Waals surface area contributed by atoms with Crippen molar-refractivity contribution in [1.29, 1.82) is 0 Å². The van der Waals surface area contributed by atoms with Gasteiger partial charge in [-0.1, -0.05) is 12.1 Å². The van der Waals surface area contributed by atoms with Gasteiger partial charge in [-0.3, -0.25) is 9.89 Å². The van der Waals surface area contributed by atoms with Gasteiger partial charge in [0, 0.05) is 19.2 Å². The van der Waals surface area contributed by atoms with Gasteiger partial charge in [-0.2, -0.15) is 5.10 Å². The number of carbonyl (C=O) groups excluding carboxylic acids is 1. The van der Waals surface area contributed by atoms with E-state index in [-0.39, 0.29) is 5.91 Å². The number of carbonyl (C=O) groups is 1. The summed E-state index contributed by atoms with van der Waals surface area (Å²) in [6.45, 7) is 1.39. The van der Waals surface area contributed by atoms with Crippen molar-refractivity contribution in [2.75, 3.05) is 6.61 Å². The Morgan fingerprint density at radius 1 is 1.36 bits per heavy atom. The molecule has 5 nitrogen and oxygen atoms in total. The second-order valence-electron chi connectivity index (χ2n) is 5.63. The van der Waals surface area contributed by atoms with Crippen LogP contribution in [0, 0.1) is 0 Å². The predicted octanol–water partition coefficient (Wildman–Crippen LogP) is 2.37. The maximum absolute atomic E-state index is 11.9. The van der Waals surface area contributed by atoms with E-state index in [4.69, 9.17) is 4.74 Å². The molecule has 1 amide bonds. The zero-order valence-corrected chi connectivity index (χ0v) is 12.6. The van der Waals surface area contributed by atoms with Crippen LogP contribution >= 0.6 is 0 Å². The average Bonchev–Trinajstić information content (AvgIpc) is 3.06. The van der Waals surface area contributed by atoms with Crippen molar-refractivity contribution in [3.8, 4) is 5.75 Å². The largest absolute Gasteiger partial charge is 0.493 e. The quantitative estimate of drug-likeness (QED) is 0.860. The Kier molecular flexibility index (Phi) is 4.73. The maximum Gasteiger partial charge on any atom is 0.220 e. The fraction of sp³-hybridized carbons (Fsp3) is 0.412. The summed E-state index contributed by atoms with van der Waals surface area (Å²) in [5.41, 5.74) is 3.52. The standard InChI is InChI=1S/C17H21N3O2/c21-17(5-1-3-14-11-19-20-12-14)18-10-13-6-7-16-15(9-13)4-2-8-22-16/h6-7,9,11-12H,1-5,8,10H2,(H,18,21)(H,19,20). The topological polar surface area (TPSA) is 67.0 Å². The monoisotopic (exact) mass is 299 g/mol. The fourth-order valence-corrected chi connectivity index (χ4v) is 2.68. The lowest BCUT2D eigenvalue weighted by Gasteiger charge is -2.18. The Bertz CT molecular complexity index is 623. The van der Waals surface area contributed by atoms with E-state index in [0.29, 0.717) is 13.0 Å². The summed E-state index contributed by atoms with van der Waals surface area (Å²) in [6.07, 6.45) is 8.04. The van der Waals surface area contributed by atoms with Crippen molar-refractivity contribution >= 4 is 5.91 Å². The lowest BCUT2D eigenvalue weighted by Crippen LogP contribution is -2.22. The van der Waals surface area contributed by atoms with Crippen LogP contribution in [0.25, 0.3) is 0 Å². The molecule has 0 aliphatic carbocycles. The minimum atomic E-state index is 0.0949. The normalized spacial score (nSPS) is 13.3. The number of aromatic amines is 1. The van der Waals surface area contributed by atoms with E-state index in [1.54, 1.807) is 6.20 Å². The third-order valence-corrected chi connectivity index (χ3v) is 3.89. The molecule has 116 valence electrons. The number of fused-ring (bicyclic) bond motifs is 1. The zero-order valence-electron chi connectivity index (χ0n) is 12.6. The zero-order chi connectivity index (χ0) is 15.2. The van der Waals surface area contributed by atoms with E-state index in [9.17, 15) is 4.79 Å². The number of aromatic nitrogens is 2. The van der Waals surface area contributed by atoms with Gasteiger partial charge in [0.05, 0.1) is 12.8 Å². The number of hydrogen-bond donors (Lipinski definition) is 2. The van der Waals surface area contributed by atoms with Crippen molar-refractivity contribution in [1.82, 2.24) is 15.5 Å². The van der Waals surface area contributed by atoms with Crippen molar-refractivity contribution in [2.45, 2.75) is 38.6 Å². The van der Waals surface area contributed by atoms with E-state index >= 15 is 0 Å². The van der Waals surface area contributed by atoms with E-state index in [0.717, 1.165) is 49.2 Å². The van der Waals surface area contributed by atoms with Gasteiger partial charge in [0.1, 0.15) is 5.75 Å². The van der Waals surface area contributed by atoms with E-state index < -0.39 is 0 Å². The van der Waals surface area contributed by atoms with E-state index in [2.05, 4.69) is 21.6 Å². The Balaban J connectivity index is 1.42. The van der Waals surface area contributed by atoms with Gasteiger partial charge in [0.15, 0.2) is 0 Å². The number of H-pyrrole nitrogens is 1. The predicted molar refractivity (Wildman–Crippen MR) is 83.6 cm³/mol. The van der Waals surface area contributed by atoms with Crippen LogP contribution in [0.1, 0.15) is 36.0 Å². The van der Waals surface area contributed by atoms with Crippen molar-refractivity contribution in [3.63, 3.8) is 0 Å². The van der Waals surface area contributed by atoms with Crippen LogP contribution in [-0.2, 0) is 24.2 Å². The Morgan fingerprint density at radius 2 is 2.32 bits per heavy atom. The van der Waals surface area contributed by atoms with Crippen molar-refractivity contribution in [3.05, 3.63) is 47.3 Å². The summed E-state index contributed by atoms with van der Waals surface area (Å²) in [5, 5.41) is 9.66. The highest BCUT2D eigenvalue weighted by atomic mass is 16.5. The van der Waals surface area contributed by atoms with Crippen LogP contribution in [0.5, 0.6) is 5.75 Å². The minimum Gasteiger partial charge on any atom is -0.493 e. The summed E-state index contributed by atoms with van der Waals surface area (Å²) < 4.78 is 5.60. The molecule has 1 aliphatic rings. The molecule has 0 fully saturated rings. The summed E-state index contributed by atoms with van der Waals surface area (Å²) in [7, 11) is 0. The first-order valence-corrected chi connectivity index (χ1v) is 7.80. The molecular formula is C17H21N3O2. The Labute approximate surface area is 130 Å². The average molecular weight is 299 g/mol. The smallest absolute Gasteiger partial charge is 0.220 e. The number of nitrogens with one attached hydrogen (secondary N) is 2. The molecule has 1 aliphatic heterocycles. The molecule has 0 saturated carbocycles. The second kappa shape index (κ2) is 7.11. The molecular weight excluding hydrogens is 278 g/mol. The maximum atomic E-state index is 11.9. The van der Waals surface area contributed by atoms with Crippen LogP contribution < -0.4 is 10.1 Å². The number of hydrogen-bond acceptors (Lipinski definition) is 3. The number of ether oxygens (including phenoxy) is 1. The molecule has 2 heterocycles. The first-order chi connectivity index (χ1) is 10.8. The first kappa shape index (κ1) is 14.6. The van der Waals surface area contributed by atoms with E-state index in [1.807, 2.05) is 18.3 Å². The number of aryl methyl sites for hydroxylation is 2. The molecule has 0 bridgehead atoms. The lowest BCUT2D eigenvalue weighted by molar-refractivity contribution is -0.121. The summed E-state index contributed by atoms with van der Waals surface area (Å²) in [4.78, 5) is 11.9. The van der Waals surface area contributed by atoms with Crippen LogP contribution in [0.2, 0.25) is 0 Å². The van der Waals surface area contributed by atoms with Crippen LogP contribution in [-0.4, -0.2) is 22.7 Å². The van der Waals surface area contributed by atoms with E-state index in [1.165, 1.54) is 5.56 Å². The number of nitrogens with zero attached hydrogens (tertiary/aromatic N) is 1. The van der Waals surface area contributed by atoms with Crippen LogP contribution in [0.4, 0.5) is 0 Å². The molecule has 1 aromatic carbocycles. The number of benzene rings is 1. The first-order valence-electron chi connectivity index (χ1n) is 7.80. The van der Waals surface area contributed by atoms with Gasteiger partial charge >= 0.3 is 0 Å². The molecule has 2 aromatic rings. The van der Waals surface area contributed by atoms with Gasteiger partial charge < -0.3 is 10.1 Å². The Morgan fingerprint density at radius 3 is 3.18 bits per heavy atom. The lowest BCUT2D eigenvalue weighted by atomic mass is 10.0. The molecule has 0 saturated heterocycles. The highest BCUT2D eigenvalue weighted by Gasteiger charge is 2.10. The highest BCUT2D eigenvalue weighted by molar-refractivity contribution is 5.75. The Hall–Kier alpha value is -2.30. The van der Waals surface area contributed by atoms with Gasteiger partial charge in [-0.05, 0) is 48.4 Å². The second-order valence-corrected chi connectivity index (χ2v) is 5.63. The third-order valence-electron chi connectivity index (χ3n) is 3.89. The molecule has 22 heavy (non-hydrogen) atoms. The third kappa shape index (κ3) is 3.87. The van der Waals surface area contributed by atoms with Gasteiger partial charge in [-0.25, -0.2) is 0 Å². The van der Waals surface area contributed by atoms with Crippen molar-refractivity contribution in [2.24, 2.45) is 0 Å². The molecule has 1 aromatic heterocycles. The molecule has 3 rings (SSSR count).